The van der Waals surface area contributed by atoms with E-state index < -0.39 is 11.4 Å². The summed E-state index contributed by atoms with van der Waals surface area (Å²) < 4.78 is 20.6. The Bertz CT molecular complexity index is 1280. The molecule has 1 saturated carbocycles. The molecule has 0 radical (unpaired) electrons. The average molecular weight is 491 g/mol. The van der Waals surface area contributed by atoms with E-state index in [1.54, 1.807) is 9.95 Å². The zero-order valence-electron chi connectivity index (χ0n) is 17.8. The Morgan fingerprint density at radius 1 is 1.06 bits per heavy atom. The van der Waals surface area contributed by atoms with Gasteiger partial charge in [-0.1, -0.05) is 4.49 Å². The van der Waals surface area contributed by atoms with Gasteiger partial charge in [0.2, 0.25) is 0 Å². The van der Waals surface area contributed by atoms with Gasteiger partial charge in [0.15, 0.2) is 5.69 Å². The van der Waals surface area contributed by atoms with Crippen molar-refractivity contribution >= 4 is 40.2 Å². The standard InChI is InChI=1S/C21H23FN6O3S2/c22-12-9-16-18(23-10-12)27(15-5-7-32-8-6-15)21(31)28(20(16)30)14-3-1-13(2-4-14)24-19(29)17-11-33-26-25-17/h9-11,13-15H,1-8H2,(H,24,29). The number of carbonyl (C=O) groups excluding carboxylic acids is 1. The first-order valence-corrected chi connectivity index (χ1v) is 13.0. The number of fused-ring (bicyclic) bond motifs is 1. The molecule has 2 fully saturated rings. The number of amides is 1. The van der Waals surface area contributed by atoms with E-state index in [4.69, 9.17) is 0 Å². The smallest absolute Gasteiger partial charge is 0.333 e. The topological polar surface area (TPSA) is 112 Å². The molecule has 174 valence electrons. The molecule has 3 aromatic heterocycles. The number of halogens is 1. The zero-order chi connectivity index (χ0) is 22.9. The molecule has 1 aliphatic carbocycles. The molecule has 1 amide bonds. The minimum absolute atomic E-state index is 0.0617. The third-order valence-corrected chi connectivity index (χ3v) is 8.02. The van der Waals surface area contributed by atoms with Crippen LogP contribution in [0.25, 0.3) is 11.0 Å². The molecular formula is C21H23FN6O3S2. The Labute approximate surface area is 196 Å². The lowest BCUT2D eigenvalue weighted by Crippen LogP contribution is -2.46. The fourth-order valence-corrected chi connectivity index (χ4v) is 6.32. The van der Waals surface area contributed by atoms with Gasteiger partial charge in [0, 0.05) is 23.5 Å². The highest BCUT2D eigenvalue weighted by Crippen LogP contribution is 2.30. The number of pyridine rings is 1. The van der Waals surface area contributed by atoms with Gasteiger partial charge in [-0.25, -0.2) is 14.2 Å². The van der Waals surface area contributed by atoms with Gasteiger partial charge in [0.05, 0.1) is 11.6 Å². The molecule has 5 rings (SSSR count). The molecule has 1 aliphatic heterocycles. The second-order valence-corrected chi connectivity index (χ2v) is 10.3. The fraction of sp³-hybridized carbons (Fsp3) is 0.524. The number of carbonyl (C=O) groups is 1. The molecule has 0 aromatic carbocycles. The van der Waals surface area contributed by atoms with Gasteiger partial charge in [-0.3, -0.25) is 18.7 Å². The van der Waals surface area contributed by atoms with Crippen molar-refractivity contribution in [2.45, 2.75) is 56.7 Å². The van der Waals surface area contributed by atoms with Crippen LogP contribution < -0.4 is 16.6 Å². The van der Waals surface area contributed by atoms with Crippen molar-refractivity contribution in [2.75, 3.05) is 11.5 Å². The summed E-state index contributed by atoms with van der Waals surface area (Å²) in [5.41, 5.74) is -0.317. The number of thioether (sulfide) groups is 1. The van der Waals surface area contributed by atoms with Gasteiger partial charge < -0.3 is 5.32 Å². The predicted octanol–water partition coefficient (Wildman–Crippen LogP) is 2.53. The Hall–Kier alpha value is -2.60. The molecule has 3 aromatic rings. The molecule has 0 bridgehead atoms. The number of hydrogen-bond acceptors (Lipinski definition) is 8. The van der Waals surface area contributed by atoms with Crippen LogP contribution in [-0.4, -0.2) is 47.2 Å². The normalized spacial score (nSPS) is 21.8. The summed E-state index contributed by atoms with van der Waals surface area (Å²) in [6.07, 6.45) is 5.04. The van der Waals surface area contributed by atoms with Crippen LogP contribution in [0.15, 0.2) is 27.2 Å². The van der Waals surface area contributed by atoms with Crippen molar-refractivity contribution in [3.05, 3.63) is 50.0 Å². The predicted molar refractivity (Wildman–Crippen MR) is 124 cm³/mol. The van der Waals surface area contributed by atoms with Crippen LogP contribution in [0.5, 0.6) is 0 Å². The summed E-state index contributed by atoms with van der Waals surface area (Å²) in [6, 6.07) is 0.746. The maximum absolute atomic E-state index is 14.0. The highest BCUT2D eigenvalue weighted by molar-refractivity contribution is 7.99. The first kappa shape index (κ1) is 22.2. The molecule has 9 nitrogen and oxygen atoms in total. The monoisotopic (exact) mass is 490 g/mol. The maximum Gasteiger partial charge on any atom is 0.333 e. The first-order valence-electron chi connectivity index (χ1n) is 11.0. The van der Waals surface area contributed by atoms with Crippen LogP contribution in [0.1, 0.15) is 61.1 Å². The van der Waals surface area contributed by atoms with Gasteiger partial charge in [-0.05, 0) is 67.6 Å². The summed E-state index contributed by atoms with van der Waals surface area (Å²) >= 11 is 2.96. The lowest BCUT2D eigenvalue weighted by atomic mass is 9.90. The fourth-order valence-electron chi connectivity index (χ4n) is 4.80. The molecule has 0 atom stereocenters. The molecule has 2 aliphatic rings. The van der Waals surface area contributed by atoms with E-state index in [0.717, 1.165) is 42.1 Å². The van der Waals surface area contributed by atoms with Gasteiger partial charge in [0.25, 0.3) is 11.5 Å². The van der Waals surface area contributed by atoms with E-state index in [-0.39, 0.29) is 46.4 Å². The largest absolute Gasteiger partial charge is 0.348 e. The van der Waals surface area contributed by atoms with Gasteiger partial charge in [-0.15, -0.1) is 5.10 Å². The van der Waals surface area contributed by atoms with E-state index in [9.17, 15) is 18.8 Å². The highest BCUT2D eigenvalue weighted by Gasteiger charge is 2.30. The van der Waals surface area contributed by atoms with E-state index in [2.05, 4.69) is 19.9 Å². The number of aromatic nitrogens is 5. The van der Waals surface area contributed by atoms with Gasteiger partial charge in [-0.2, -0.15) is 11.8 Å². The third-order valence-electron chi connectivity index (χ3n) is 6.47. The molecule has 1 N–H and O–H groups in total. The number of nitrogens with one attached hydrogen (secondary N) is 1. The van der Waals surface area contributed by atoms with Crippen LogP contribution in [0.4, 0.5) is 4.39 Å². The van der Waals surface area contributed by atoms with Crippen molar-refractivity contribution in [3.63, 3.8) is 0 Å². The van der Waals surface area contributed by atoms with Crippen LogP contribution >= 0.6 is 23.3 Å². The number of nitrogens with zero attached hydrogens (tertiary/aromatic N) is 5. The zero-order valence-corrected chi connectivity index (χ0v) is 19.4. The first-order chi connectivity index (χ1) is 16.0. The molecule has 0 spiro atoms. The molecule has 12 heteroatoms. The molecular weight excluding hydrogens is 467 g/mol. The van der Waals surface area contributed by atoms with Gasteiger partial charge >= 0.3 is 5.69 Å². The van der Waals surface area contributed by atoms with E-state index in [1.165, 1.54) is 10.6 Å². The van der Waals surface area contributed by atoms with Crippen molar-refractivity contribution in [2.24, 2.45) is 0 Å². The lowest BCUT2D eigenvalue weighted by molar-refractivity contribution is 0.0916. The maximum atomic E-state index is 14.0. The minimum Gasteiger partial charge on any atom is -0.348 e. The van der Waals surface area contributed by atoms with E-state index >= 15 is 0 Å². The van der Waals surface area contributed by atoms with Crippen LogP contribution in [-0.2, 0) is 0 Å². The summed E-state index contributed by atoms with van der Waals surface area (Å²) in [7, 11) is 0. The summed E-state index contributed by atoms with van der Waals surface area (Å²) in [4.78, 5) is 43.3. The second-order valence-electron chi connectivity index (χ2n) is 8.47. The SMILES string of the molecule is O=C(NC1CCC(n2c(=O)c3cc(F)cnc3n(C3CCSCC3)c2=O)CC1)c1csnn1. The summed E-state index contributed by atoms with van der Waals surface area (Å²) in [6.45, 7) is 0. The van der Waals surface area contributed by atoms with Crippen LogP contribution in [0.3, 0.4) is 0 Å². The van der Waals surface area contributed by atoms with Crippen LogP contribution in [0, 0.1) is 5.82 Å². The Kier molecular flexibility index (Phi) is 6.28. The summed E-state index contributed by atoms with van der Waals surface area (Å²) in [5, 5.41) is 8.47. The Morgan fingerprint density at radius 2 is 1.79 bits per heavy atom. The van der Waals surface area contributed by atoms with Crippen molar-refractivity contribution in [1.29, 1.82) is 0 Å². The van der Waals surface area contributed by atoms with Crippen molar-refractivity contribution in [3.8, 4) is 0 Å². The summed E-state index contributed by atoms with van der Waals surface area (Å²) in [5.74, 6) is 0.990. The third kappa shape index (κ3) is 4.33. The van der Waals surface area contributed by atoms with E-state index in [0.29, 0.717) is 25.7 Å². The molecule has 0 unspecified atom stereocenters. The Morgan fingerprint density at radius 3 is 2.48 bits per heavy atom. The molecule has 4 heterocycles. The Balaban J connectivity index is 1.45. The second kappa shape index (κ2) is 9.34. The number of hydrogen-bond donors (Lipinski definition) is 1. The van der Waals surface area contributed by atoms with Crippen LogP contribution in [0.2, 0.25) is 0 Å². The highest BCUT2D eigenvalue weighted by atomic mass is 32.2. The number of rotatable bonds is 4. The van der Waals surface area contributed by atoms with Gasteiger partial charge in [0.1, 0.15) is 11.5 Å². The van der Waals surface area contributed by atoms with Crippen molar-refractivity contribution in [1.82, 2.24) is 29.0 Å². The van der Waals surface area contributed by atoms with E-state index in [1.807, 2.05) is 11.8 Å². The quantitative estimate of drug-likeness (QED) is 0.598. The molecule has 33 heavy (non-hydrogen) atoms. The minimum atomic E-state index is -0.599. The molecule has 1 saturated heterocycles. The van der Waals surface area contributed by atoms with Crippen molar-refractivity contribution < 1.29 is 9.18 Å². The average Bonchev–Trinajstić information content (AvgIpc) is 3.37. The lowest BCUT2D eigenvalue weighted by Gasteiger charge is -2.31.